The zero-order valence-electron chi connectivity index (χ0n) is 35.1. The lowest BCUT2D eigenvalue weighted by Gasteiger charge is -2.29. The van der Waals surface area contributed by atoms with Crippen LogP contribution in [0.25, 0.3) is 93.5 Å². The molecule has 0 aliphatic heterocycles. The van der Waals surface area contributed by atoms with E-state index in [0.717, 1.165) is 45.0 Å². The Morgan fingerprint density at radius 2 is 0.688 bits per heavy atom. The Labute approximate surface area is 373 Å². The molecule has 2 nitrogen and oxygen atoms in total. The lowest BCUT2D eigenvalue weighted by Crippen LogP contribution is -2.11. The average Bonchev–Trinajstić information content (AvgIpc) is 3.71. The molecule has 0 saturated carbocycles. The Balaban J connectivity index is 1.01. The maximum absolute atomic E-state index is 2.42. The molecule has 300 valence electrons. The number of hydrogen-bond donors (Lipinski definition) is 0. The first-order valence-electron chi connectivity index (χ1n) is 22.0. The molecule has 0 unspecified atom stereocenters. The van der Waals surface area contributed by atoms with E-state index in [4.69, 9.17) is 0 Å². The lowest BCUT2D eigenvalue weighted by molar-refractivity contribution is 1.18. The van der Waals surface area contributed by atoms with Gasteiger partial charge in [0.1, 0.15) is 0 Å². The first-order valence-corrected chi connectivity index (χ1v) is 22.0. The second-order valence-electron chi connectivity index (χ2n) is 16.5. The summed E-state index contributed by atoms with van der Waals surface area (Å²) in [6.45, 7) is 0. The van der Waals surface area contributed by atoms with Gasteiger partial charge >= 0.3 is 0 Å². The molecular formula is C62H42N2. The van der Waals surface area contributed by atoms with Crippen molar-refractivity contribution in [2.24, 2.45) is 0 Å². The molecular weight excluding hydrogens is 773 g/mol. The van der Waals surface area contributed by atoms with Crippen LogP contribution in [0.1, 0.15) is 0 Å². The molecule has 12 aromatic rings. The molecule has 0 amide bonds. The van der Waals surface area contributed by atoms with E-state index in [-0.39, 0.29) is 0 Å². The minimum atomic E-state index is 1.08. The third kappa shape index (κ3) is 6.52. The van der Waals surface area contributed by atoms with Gasteiger partial charge in [0, 0.05) is 33.4 Å². The maximum atomic E-state index is 2.42. The lowest BCUT2D eigenvalue weighted by atomic mass is 9.95. The summed E-state index contributed by atoms with van der Waals surface area (Å²) in [4.78, 5) is 2.42. The third-order valence-electron chi connectivity index (χ3n) is 12.8. The van der Waals surface area contributed by atoms with Gasteiger partial charge in [-0.15, -0.1) is 0 Å². The highest BCUT2D eigenvalue weighted by molar-refractivity contribution is 6.09. The van der Waals surface area contributed by atoms with Crippen molar-refractivity contribution in [1.29, 1.82) is 0 Å². The predicted octanol–water partition coefficient (Wildman–Crippen LogP) is 17.2. The molecule has 0 aliphatic rings. The largest absolute Gasteiger partial charge is 0.310 e. The van der Waals surface area contributed by atoms with Crippen molar-refractivity contribution < 1.29 is 0 Å². The molecule has 0 spiro atoms. The van der Waals surface area contributed by atoms with Crippen LogP contribution in [-0.2, 0) is 0 Å². The van der Waals surface area contributed by atoms with Crippen molar-refractivity contribution in [3.8, 4) is 50.2 Å². The van der Waals surface area contributed by atoms with Crippen LogP contribution in [0.2, 0.25) is 0 Å². The fourth-order valence-corrected chi connectivity index (χ4v) is 9.75. The fourth-order valence-electron chi connectivity index (χ4n) is 9.75. The van der Waals surface area contributed by atoms with Gasteiger partial charge in [-0.1, -0.05) is 194 Å². The van der Waals surface area contributed by atoms with Crippen molar-refractivity contribution in [2.45, 2.75) is 0 Å². The normalized spacial score (nSPS) is 11.4. The Hall–Kier alpha value is -8.46. The standard InChI is InChI=1S/C62H42N2/c1-2-15-45(16-3-1)59-42-49(48-21-12-22-52(41-48)64-60-29-10-8-25-57(60)58-26-9-11-30-61(58)64)35-40-62(59)63(50-36-31-46(32-37-50)55-27-13-19-43-17-4-6-23-53(43)55)51-38-33-47(34-39-51)56-28-14-20-44-18-5-7-24-54(44)56/h1-42H. The molecule has 0 atom stereocenters. The van der Waals surface area contributed by atoms with Gasteiger partial charge in [0.15, 0.2) is 0 Å². The van der Waals surface area contributed by atoms with Gasteiger partial charge in [-0.3, -0.25) is 0 Å². The van der Waals surface area contributed by atoms with E-state index in [9.17, 15) is 0 Å². The van der Waals surface area contributed by atoms with Crippen LogP contribution in [0.4, 0.5) is 17.1 Å². The summed E-state index contributed by atoms with van der Waals surface area (Å²) in [6.07, 6.45) is 0. The zero-order chi connectivity index (χ0) is 42.4. The SMILES string of the molecule is c1ccc(-c2cc(-c3cccc(-n4c5ccccc5c5ccccc54)c3)ccc2N(c2ccc(-c3cccc4ccccc34)cc2)c2ccc(-c3cccc4ccccc34)cc2)cc1. The second kappa shape index (κ2) is 15.8. The highest BCUT2D eigenvalue weighted by Gasteiger charge is 2.20. The Kier molecular flexibility index (Phi) is 9.20. The smallest absolute Gasteiger partial charge is 0.0541 e. The molecule has 2 heteroatoms. The van der Waals surface area contributed by atoms with Gasteiger partial charge < -0.3 is 9.47 Å². The van der Waals surface area contributed by atoms with Gasteiger partial charge in [-0.25, -0.2) is 0 Å². The summed E-state index contributed by atoms with van der Waals surface area (Å²) in [5, 5.41) is 7.50. The molecule has 0 bridgehead atoms. The van der Waals surface area contributed by atoms with E-state index in [0.29, 0.717) is 0 Å². The summed E-state index contributed by atoms with van der Waals surface area (Å²) in [5.74, 6) is 0. The molecule has 11 aromatic carbocycles. The molecule has 0 radical (unpaired) electrons. The fraction of sp³-hybridized carbons (Fsp3) is 0. The molecule has 64 heavy (non-hydrogen) atoms. The molecule has 0 aliphatic carbocycles. The van der Waals surface area contributed by atoms with Crippen molar-refractivity contribution in [3.63, 3.8) is 0 Å². The van der Waals surface area contributed by atoms with Gasteiger partial charge in [0.2, 0.25) is 0 Å². The first kappa shape index (κ1) is 37.3. The zero-order valence-corrected chi connectivity index (χ0v) is 35.1. The van der Waals surface area contributed by atoms with Gasteiger partial charge in [-0.05, 0) is 121 Å². The minimum Gasteiger partial charge on any atom is -0.310 e. The number of benzene rings is 11. The van der Waals surface area contributed by atoms with Crippen molar-refractivity contribution in [1.82, 2.24) is 4.57 Å². The van der Waals surface area contributed by atoms with Crippen LogP contribution in [0, 0.1) is 0 Å². The minimum absolute atomic E-state index is 1.08. The van der Waals surface area contributed by atoms with Gasteiger partial charge in [-0.2, -0.15) is 0 Å². The van der Waals surface area contributed by atoms with E-state index >= 15 is 0 Å². The quantitative estimate of drug-likeness (QED) is 0.148. The van der Waals surface area contributed by atoms with Gasteiger partial charge in [0.25, 0.3) is 0 Å². The van der Waals surface area contributed by atoms with Crippen molar-refractivity contribution in [2.75, 3.05) is 4.90 Å². The van der Waals surface area contributed by atoms with E-state index in [1.807, 2.05) is 0 Å². The van der Waals surface area contributed by atoms with Crippen LogP contribution < -0.4 is 4.90 Å². The summed E-state index contributed by atoms with van der Waals surface area (Å²) in [5.41, 5.74) is 16.3. The molecule has 1 heterocycles. The molecule has 12 rings (SSSR count). The van der Waals surface area contributed by atoms with Crippen LogP contribution in [0.15, 0.2) is 255 Å². The Bertz CT molecular complexity index is 3470. The van der Waals surface area contributed by atoms with E-state index < -0.39 is 0 Å². The van der Waals surface area contributed by atoms with Crippen LogP contribution in [0.3, 0.4) is 0 Å². The number of para-hydroxylation sites is 2. The molecule has 0 saturated heterocycles. The Morgan fingerprint density at radius 1 is 0.266 bits per heavy atom. The summed E-state index contributed by atoms with van der Waals surface area (Å²) < 4.78 is 2.40. The number of hydrogen-bond acceptors (Lipinski definition) is 1. The molecule has 0 fully saturated rings. The van der Waals surface area contributed by atoms with E-state index in [1.165, 1.54) is 65.6 Å². The van der Waals surface area contributed by atoms with Crippen LogP contribution >= 0.6 is 0 Å². The molecule has 1 aromatic heterocycles. The monoisotopic (exact) mass is 814 g/mol. The highest BCUT2D eigenvalue weighted by Crippen LogP contribution is 2.44. The summed E-state index contributed by atoms with van der Waals surface area (Å²) >= 11 is 0. The van der Waals surface area contributed by atoms with E-state index in [1.54, 1.807) is 0 Å². The third-order valence-corrected chi connectivity index (χ3v) is 12.8. The Morgan fingerprint density at radius 3 is 1.27 bits per heavy atom. The van der Waals surface area contributed by atoms with Crippen molar-refractivity contribution in [3.05, 3.63) is 255 Å². The number of anilines is 3. The number of nitrogens with zero attached hydrogens (tertiary/aromatic N) is 2. The summed E-state index contributed by atoms with van der Waals surface area (Å²) in [6, 6.07) is 92.7. The average molecular weight is 815 g/mol. The van der Waals surface area contributed by atoms with E-state index in [2.05, 4.69) is 264 Å². The number of fused-ring (bicyclic) bond motifs is 5. The predicted molar refractivity (Wildman–Crippen MR) is 272 cm³/mol. The van der Waals surface area contributed by atoms with Crippen LogP contribution in [-0.4, -0.2) is 4.57 Å². The van der Waals surface area contributed by atoms with Gasteiger partial charge in [0.05, 0.1) is 16.7 Å². The van der Waals surface area contributed by atoms with Crippen LogP contribution in [0.5, 0.6) is 0 Å². The number of aromatic nitrogens is 1. The van der Waals surface area contributed by atoms with Crippen molar-refractivity contribution >= 4 is 60.4 Å². The molecule has 0 N–H and O–H groups in total. The number of rotatable bonds is 8. The second-order valence-corrected chi connectivity index (χ2v) is 16.5. The highest BCUT2D eigenvalue weighted by atomic mass is 15.1. The topological polar surface area (TPSA) is 8.17 Å². The maximum Gasteiger partial charge on any atom is 0.0541 e. The summed E-state index contributed by atoms with van der Waals surface area (Å²) in [7, 11) is 0. The first-order chi connectivity index (χ1) is 31.7.